The summed E-state index contributed by atoms with van der Waals surface area (Å²) < 4.78 is 26.9. The van der Waals surface area contributed by atoms with Gasteiger partial charge in [-0.2, -0.15) is 0 Å². The van der Waals surface area contributed by atoms with Crippen molar-refractivity contribution in [1.29, 1.82) is 0 Å². The van der Waals surface area contributed by atoms with E-state index in [1.165, 1.54) is 11.0 Å². The van der Waals surface area contributed by atoms with Crippen LogP contribution in [-0.2, 0) is 9.59 Å². The van der Waals surface area contributed by atoms with Crippen LogP contribution in [0.15, 0.2) is 41.3 Å². The number of carbonyl (C=O) groups is 2. The Morgan fingerprint density at radius 2 is 2.04 bits per heavy atom. The van der Waals surface area contributed by atoms with Crippen molar-refractivity contribution in [2.45, 2.75) is 6.42 Å². The van der Waals surface area contributed by atoms with Gasteiger partial charge >= 0.3 is 0 Å². The van der Waals surface area contributed by atoms with Gasteiger partial charge in [-0.05, 0) is 36.4 Å². The molecule has 1 fully saturated rings. The molecule has 1 aliphatic heterocycles. The number of thiocarbonyl (C=S) groups is 1. The number of carbonyl (C=O) groups excluding carboxylic acids is 2. The van der Waals surface area contributed by atoms with Crippen LogP contribution in [-0.4, -0.2) is 32.6 Å². The highest BCUT2D eigenvalue weighted by Gasteiger charge is 2.32. The summed E-state index contributed by atoms with van der Waals surface area (Å²) in [5.41, 5.74) is 6.43. The molecular weight excluding hydrogens is 392 g/mol. The number of rotatable bonds is 5. The summed E-state index contributed by atoms with van der Waals surface area (Å²) in [6, 6.07) is 8.55. The largest absolute Gasteiger partial charge is 0.370 e. The Labute approximate surface area is 163 Å². The molecule has 2 N–H and O–H groups in total. The number of hydrogen-bond acceptors (Lipinski definition) is 5. The van der Waals surface area contributed by atoms with Gasteiger partial charge in [-0.1, -0.05) is 30.0 Å². The van der Waals surface area contributed by atoms with Crippen molar-refractivity contribution in [2.75, 3.05) is 6.54 Å². The molecular formula is C18H13F2N3O2S2. The molecule has 2 amide bonds. The number of pyridine rings is 1. The highest BCUT2D eigenvalue weighted by Crippen LogP contribution is 2.32. The molecule has 0 aliphatic carbocycles. The molecule has 1 aliphatic rings. The maximum atomic E-state index is 13.4. The monoisotopic (exact) mass is 405 g/mol. The average Bonchev–Trinajstić information content (AvgIpc) is 2.89. The molecule has 0 bridgehead atoms. The second-order valence-electron chi connectivity index (χ2n) is 5.63. The van der Waals surface area contributed by atoms with E-state index in [2.05, 4.69) is 4.98 Å². The third-order valence-electron chi connectivity index (χ3n) is 3.72. The molecule has 5 nitrogen and oxygen atoms in total. The highest BCUT2D eigenvalue weighted by atomic mass is 32.2. The zero-order valence-electron chi connectivity index (χ0n) is 13.8. The predicted molar refractivity (Wildman–Crippen MR) is 103 cm³/mol. The van der Waals surface area contributed by atoms with Crippen LogP contribution in [0.4, 0.5) is 8.78 Å². The number of aromatic nitrogens is 1. The van der Waals surface area contributed by atoms with Crippen molar-refractivity contribution in [1.82, 2.24) is 9.88 Å². The first-order valence-corrected chi connectivity index (χ1v) is 9.04. The molecule has 0 unspecified atom stereocenters. The van der Waals surface area contributed by atoms with E-state index >= 15 is 0 Å². The number of amides is 2. The topological polar surface area (TPSA) is 76.3 Å². The summed E-state index contributed by atoms with van der Waals surface area (Å²) in [5, 5.41) is 0. The fourth-order valence-electron chi connectivity index (χ4n) is 2.40. The number of benzene rings is 1. The molecule has 27 heavy (non-hydrogen) atoms. The number of primary amides is 1. The minimum atomic E-state index is -0.963. The minimum Gasteiger partial charge on any atom is -0.370 e. The predicted octanol–water partition coefficient (Wildman–Crippen LogP) is 3.10. The number of thioether (sulfide) groups is 1. The Bertz CT molecular complexity index is 979. The van der Waals surface area contributed by atoms with Gasteiger partial charge in [-0.3, -0.25) is 14.5 Å². The van der Waals surface area contributed by atoms with Crippen LogP contribution in [0.2, 0.25) is 0 Å². The molecule has 0 saturated carbocycles. The second-order valence-corrected chi connectivity index (χ2v) is 7.30. The summed E-state index contributed by atoms with van der Waals surface area (Å²) in [6.45, 7) is 0.125. The Balaban J connectivity index is 1.85. The van der Waals surface area contributed by atoms with Crippen LogP contribution in [0, 0.1) is 11.6 Å². The Hall–Kier alpha value is -2.65. The van der Waals surface area contributed by atoms with Crippen molar-refractivity contribution < 1.29 is 18.4 Å². The number of nitrogens with zero attached hydrogens (tertiary/aromatic N) is 2. The van der Waals surface area contributed by atoms with Crippen LogP contribution < -0.4 is 5.73 Å². The van der Waals surface area contributed by atoms with Crippen molar-refractivity contribution in [3.05, 3.63) is 58.6 Å². The summed E-state index contributed by atoms with van der Waals surface area (Å²) in [4.78, 5) is 29.4. The van der Waals surface area contributed by atoms with Gasteiger partial charge < -0.3 is 5.73 Å². The van der Waals surface area contributed by atoms with Crippen LogP contribution in [0.5, 0.6) is 0 Å². The van der Waals surface area contributed by atoms with E-state index in [1.807, 2.05) is 0 Å². The van der Waals surface area contributed by atoms with E-state index in [0.717, 1.165) is 23.9 Å². The van der Waals surface area contributed by atoms with Crippen molar-refractivity contribution >= 4 is 46.2 Å². The van der Waals surface area contributed by atoms with Gasteiger partial charge in [-0.15, -0.1) is 0 Å². The van der Waals surface area contributed by atoms with Crippen molar-refractivity contribution in [2.24, 2.45) is 5.73 Å². The van der Waals surface area contributed by atoms with Crippen LogP contribution in [0.25, 0.3) is 17.3 Å². The molecule has 1 aromatic carbocycles. The molecule has 0 atom stereocenters. The summed E-state index contributed by atoms with van der Waals surface area (Å²) in [6.07, 6.45) is 1.58. The SMILES string of the molecule is NC(=O)CCN1C(=O)C(=Cc2cccc(-c3ccc(F)c(F)c3)n2)SC1=S. The van der Waals surface area contributed by atoms with Crippen molar-refractivity contribution in [3.63, 3.8) is 0 Å². The third-order valence-corrected chi connectivity index (χ3v) is 5.10. The quantitative estimate of drug-likeness (QED) is 0.611. The molecule has 9 heteroatoms. The molecule has 0 radical (unpaired) electrons. The minimum absolute atomic E-state index is 0.0174. The smallest absolute Gasteiger partial charge is 0.266 e. The average molecular weight is 405 g/mol. The zero-order chi connectivity index (χ0) is 19.6. The van der Waals surface area contributed by atoms with Gasteiger partial charge in [0.05, 0.1) is 16.3 Å². The molecule has 0 spiro atoms. The van der Waals surface area contributed by atoms with E-state index in [9.17, 15) is 18.4 Å². The summed E-state index contributed by atoms with van der Waals surface area (Å²) in [7, 11) is 0. The highest BCUT2D eigenvalue weighted by molar-refractivity contribution is 8.26. The molecule has 1 aromatic heterocycles. The molecule has 138 valence electrons. The van der Waals surface area contributed by atoms with Crippen molar-refractivity contribution in [3.8, 4) is 11.3 Å². The number of hydrogen-bond donors (Lipinski definition) is 1. The van der Waals surface area contributed by atoms with E-state index in [4.69, 9.17) is 18.0 Å². The Morgan fingerprint density at radius 3 is 2.74 bits per heavy atom. The van der Waals surface area contributed by atoms with Crippen LogP contribution in [0.3, 0.4) is 0 Å². The maximum Gasteiger partial charge on any atom is 0.266 e. The normalized spacial score (nSPS) is 15.6. The Kier molecular flexibility index (Phi) is 5.62. The first kappa shape index (κ1) is 19.1. The van der Waals surface area contributed by atoms with E-state index in [-0.39, 0.29) is 18.9 Å². The van der Waals surface area contributed by atoms with E-state index in [1.54, 1.807) is 24.3 Å². The van der Waals surface area contributed by atoms with Gasteiger partial charge in [0.15, 0.2) is 11.6 Å². The summed E-state index contributed by atoms with van der Waals surface area (Å²) in [5.74, 6) is -2.75. The van der Waals surface area contributed by atoms with E-state index in [0.29, 0.717) is 26.2 Å². The molecule has 2 heterocycles. The Morgan fingerprint density at radius 1 is 1.26 bits per heavy atom. The third kappa shape index (κ3) is 4.37. The lowest BCUT2D eigenvalue weighted by atomic mass is 10.1. The van der Waals surface area contributed by atoms with Gasteiger partial charge in [0.25, 0.3) is 5.91 Å². The standard InChI is InChI=1S/C18H13F2N3O2S2/c19-12-5-4-10(8-13(12)20)14-3-1-2-11(22-14)9-15-17(25)23(18(26)27-15)7-6-16(21)24/h1-5,8-9H,6-7H2,(H2,21,24). The first-order valence-electron chi connectivity index (χ1n) is 7.81. The lowest BCUT2D eigenvalue weighted by Crippen LogP contribution is -2.31. The second kappa shape index (κ2) is 7.93. The van der Waals surface area contributed by atoms with Gasteiger partial charge in [-0.25, -0.2) is 13.8 Å². The fourth-order valence-corrected chi connectivity index (χ4v) is 3.69. The number of halogens is 2. The van der Waals surface area contributed by atoms with Crippen LogP contribution in [0.1, 0.15) is 12.1 Å². The lowest BCUT2D eigenvalue weighted by molar-refractivity contribution is -0.123. The number of nitrogens with two attached hydrogens (primary N) is 1. The van der Waals surface area contributed by atoms with E-state index < -0.39 is 17.5 Å². The summed E-state index contributed by atoms with van der Waals surface area (Å²) >= 11 is 6.27. The zero-order valence-corrected chi connectivity index (χ0v) is 15.4. The molecule has 2 aromatic rings. The van der Waals surface area contributed by atoms with Gasteiger partial charge in [0, 0.05) is 18.5 Å². The van der Waals surface area contributed by atoms with Gasteiger partial charge in [0.2, 0.25) is 5.91 Å². The maximum absolute atomic E-state index is 13.4. The lowest BCUT2D eigenvalue weighted by Gasteiger charge is -2.12. The fraction of sp³-hybridized carbons (Fsp3) is 0.111. The molecule has 3 rings (SSSR count). The first-order chi connectivity index (χ1) is 12.8. The molecule has 1 saturated heterocycles. The van der Waals surface area contributed by atoms with Gasteiger partial charge in [0.1, 0.15) is 4.32 Å². The van der Waals surface area contributed by atoms with Crippen LogP contribution >= 0.6 is 24.0 Å².